The number of rotatable bonds is 4. The van der Waals surface area contributed by atoms with E-state index < -0.39 is 32.3 Å². The maximum Gasteiger partial charge on any atom is 0.344 e. The van der Waals surface area contributed by atoms with Gasteiger partial charge in [0, 0.05) is 6.92 Å². The van der Waals surface area contributed by atoms with Crippen LogP contribution in [0.4, 0.5) is 0 Å². The van der Waals surface area contributed by atoms with Gasteiger partial charge in [-0.3, -0.25) is 14.2 Å². The minimum Gasteiger partial charge on any atom is -0.480 e. The maximum atomic E-state index is 10.7. The molecule has 0 spiro atoms. The van der Waals surface area contributed by atoms with Crippen molar-refractivity contribution >= 4 is 19.5 Å². The van der Waals surface area contributed by atoms with Crippen molar-refractivity contribution in [3.63, 3.8) is 0 Å². The van der Waals surface area contributed by atoms with E-state index >= 15 is 0 Å². The number of hydrogen-bond acceptors (Lipinski definition) is 3. The second-order valence-electron chi connectivity index (χ2n) is 2.42. The summed E-state index contributed by atoms with van der Waals surface area (Å²) in [6.45, 7) is 0.332. The van der Waals surface area contributed by atoms with E-state index in [4.69, 9.17) is 14.9 Å². The molecule has 0 aromatic heterocycles. The lowest BCUT2D eigenvalue weighted by molar-refractivity contribution is -0.143. The Labute approximate surface area is 74.1 Å². The van der Waals surface area contributed by atoms with E-state index in [2.05, 4.69) is 0 Å². The molecule has 0 aliphatic heterocycles. The zero-order chi connectivity index (χ0) is 10.6. The van der Waals surface area contributed by atoms with Gasteiger partial charge < -0.3 is 19.8 Å². The van der Waals surface area contributed by atoms with Gasteiger partial charge >= 0.3 is 13.6 Å². The van der Waals surface area contributed by atoms with E-state index in [0.29, 0.717) is 4.90 Å². The molecule has 0 atom stereocenters. The first-order chi connectivity index (χ1) is 5.72. The Morgan fingerprint density at radius 2 is 1.85 bits per heavy atom. The van der Waals surface area contributed by atoms with Gasteiger partial charge in [0.2, 0.25) is 5.91 Å². The van der Waals surface area contributed by atoms with Gasteiger partial charge in [-0.2, -0.15) is 0 Å². The molecule has 0 saturated carbocycles. The fourth-order valence-corrected chi connectivity index (χ4v) is 1.39. The van der Waals surface area contributed by atoms with Gasteiger partial charge in [0.05, 0.1) is 0 Å². The second kappa shape index (κ2) is 4.36. The van der Waals surface area contributed by atoms with Crippen LogP contribution in [0.5, 0.6) is 0 Å². The van der Waals surface area contributed by atoms with Gasteiger partial charge in [-0.1, -0.05) is 0 Å². The Balaban J connectivity index is 4.36. The number of amides is 1. The van der Waals surface area contributed by atoms with Gasteiger partial charge in [-0.25, -0.2) is 0 Å². The fourth-order valence-electron chi connectivity index (χ4n) is 0.647. The molecular weight excluding hydrogens is 201 g/mol. The molecule has 0 radical (unpaired) electrons. The topological polar surface area (TPSA) is 115 Å². The Bertz CT molecular complexity index is 258. The van der Waals surface area contributed by atoms with Gasteiger partial charge in [0.1, 0.15) is 12.8 Å². The number of hydrogen-bond donors (Lipinski definition) is 3. The molecule has 0 rings (SSSR count). The van der Waals surface area contributed by atoms with Crippen LogP contribution in [0.2, 0.25) is 0 Å². The number of carboxylic acid groups (broad SMARTS) is 1. The number of carboxylic acids is 1. The molecule has 3 N–H and O–H groups in total. The van der Waals surface area contributed by atoms with Crippen LogP contribution in [0.15, 0.2) is 0 Å². The Morgan fingerprint density at radius 3 is 2.08 bits per heavy atom. The number of aliphatic carboxylic acids is 1. The molecule has 7 nitrogen and oxygen atoms in total. The maximum absolute atomic E-state index is 10.7. The number of nitrogens with zero attached hydrogens (tertiary/aromatic N) is 1. The number of carbonyl (C=O) groups excluding carboxylic acids is 1. The van der Waals surface area contributed by atoms with Crippen molar-refractivity contribution in [3.05, 3.63) is 0 Å². The summed E-state index contributed by atoms with van der Waals surface area (Å²) in [7, 11) is -4.39. The molecule has 0 aromatic carbocycles. The van der Waals surface area contributed by atoms with Crippen LogP contribution in [-0.2, 0) is 14.2 Å². The lowest BCUT2D eigenvalue weighted by Crippen LogP contribution is -2.34. The third kappa shape index (κ3) is 6.27. The standard InChI is InChI=1S/C5H10NO6P/c1-4(7)6(2-5(8)9)3-13(10,11)12/h2-3H2,1H3,(H,8,9)(H2,10,11,12). The SMILES string of the molecule is CC(=O)N(CC(=O)O)CP(=O)(O)O. The summed E-state index contributed by atoms with van der Waals surface area (Å²) in [5.74, 6) is -2.01. The van der Waals surface area contributed by atoms with Crippen molar-refractivity contribution in [2.45, 2.75) is 6.92 Å². The van der Waals surface area contributed by atoms with E-state index in [-0.39, 0.29) is 0 Å². The molecule has 0 bridgehead atoms. The summed E-state index contributed by atoms with van der Waals surface area (Å²) in [4.78, 5) is 38.4. The van der Waals surface area contributed by atoms with E-state index in [1.54, 1.807) is 0 Å². The van der Waals surface area contributed by atoms with Crippen LogP contribution < -0.4 is 0 Å². The quantitative estimate of drug-likeness (QED) is 0.516. The summed E-state index contributed by atoms with van der Waals surface area (Å²) in [6, 6.07) is 0. The molecule has 8 heteroatoms. The molecular formula is C5H10NO6P. The summed E-state index contributed by atoms with van der Waals surface area (Å²) in [6.07, 6.45) is -0.866. The van der Waals surface area contributed by atoms with Crippen molar-refractivity contribution < 1.29 is 29.0 Å². The predicted octanol–water partition coefficient (Wildman–Crippen LogP) is -0.945. The Hall–Kier alpha value is -0.910. The molecule has 0 fully saturated rings. The minimum absolute atomic E-state index is 0.573. The van der Waals surface area contributed by atoms with Crippen LogP contribution in [0.25, 0.3) is 0 Å². The normalized spacial score (nSPS) is 11.0. The molecule has 0 heterocycles. The van der Waals surface area contributed by atoms with E-state index in [1.807, 2.05) is 0 Å². The third-order valence-corrected chi connectivity index (χ3v) is 1.84. The van der Waals surface area contributed by atoms with Gasteiger partial charge in [-0.05, 0) is 0 Å². The first-order valence-corrected chi connectivity index (χ1v) is 5.04. The van der Waals surface area contributed by atoms with E-state index in [9.17, 15) is 14.2 Å². The fraction of sp³-hybridized carbons (Fsp3) is 0.600. The molecule has 76 valence electrons. The predicted molar refractivity (Wildman–Crippen MR) is 41.9 cm³/mol. The molecule has 13 heavy (non-hydrogen) atoms. The number of carbonyl (C=O) groups is 2. The van der Waals surface area contributed by atoms with Crippen molar-refractivity contribution in [1.82, 2.24) is 4.90 Å². The molecule has 0 aliphatic rings. The zero-order valence-corrected chi connectivity index (χ0v) is 7.77. The molecule has 0 aliphatic carbocycles. The van der Waals surface area contributed by atoms with Crippen LogP contribution in [0.1, 0.15) is 6.92 Å². The summed E-state index contributed by atoms with van der Waals surface area (Å²) in [5.41, 5.74) is 0. The smallest absolute Gasteiger partial charge is 0.344 e. The van der Waals surface area contributed by atoms with Crippen molar-refractivity contribution in [2.24, 2.45) is 0 Å². The first-order valence-electron chi connectivity index (χ1n) is 3.24. The summed E-state index contributed by atoms with van der Waals surface area (Å²) in [5, 5.41) is 8.28. The van der Waals surface area contributed by atoms with Crippen LogP contribution in [0, 0.1) is 0 Å². The minimum atomic E-state index is -4.39. The highest BCUT2D eigenvalue weighted by Gasteiger charge is 2.22. The molecule has 1 amide bonds. The van der Waals surface area contributed by atoms with Gasteiger partial charge in [-0.15, -0.1) is 0 Å². The molecule has 0 unspecified atom stereocenters. The third-order valence-electron chi connectivity index (χ3n) is 1.13. The van der Waals surface area contributed by atoms with Crippen LogP contribution in [-0.4, -0.2) is 44.5 Å². The molecule has 0 aromatic rings. The highest BCUT2D eigenvalue weighted by Crippen LogP contribution is 2.34. The van der Waals surface area contributed by atoms with E-state index in [0.717, 1.165) is 6.92 Å². The average molecular weight is 211 g/mol. The zero-order valence-electron chi connectivity index (χ0n) is 6.88. The second-order valence-corrected chi connectivity index (χ2v) is 4.03. The lowest BCUT2D eigenvalue weighted by Gasteiger charge is -2.18. The summed E-state index contributed by atoms with van der Waals surface area (Å²) >= 11 is 0. The average Bonchev–Trinajstić information content (AvgIpc) is 1.81. The lowest BCUT2D eigenvalue weighted by atomic mass is 10.5. The van der Waals surface area contributed by atoms with E-state index in [1.165, 1.54) is 0 Å². The van der Waals surface area contributed by atoms with Crippen molar-refractivity contribution in [3.8, 4) is 0 Å². The van der Waals surface area contributed by atoms with Gasteiger partial charge in [0.25, 0.3) is 0 Å². The van der Waals surface area contributed by atoms with Gasteiger partial charge in [0.15, 0.2) is 0 Å². The Kier molecular flexibility index (Phi) is 4.06. The van der Waals surface area contributed by atoms with Crippen LogP contribution >= 0.6 is 7.60 Å². The van der Waals surface area contributed by atoms with Crippen molar-refractivity contribution in [2.75, 3.05) is 12.8 Å². The highest BCUT2D eigenvalue weighted by atomic mass is 31.2. The Morgan fingerprint density at radius 1 is 1.38 bits per heavy atom. The van der Waals surface area contributed by atoms with Crippen LogP contribution in [0.3, 0.4) is 0 Å². The molecule has 0 saturated heterocycles. The highest BCUT2D eigenvalue weighted by molar-refractivity contribution is 7.51. The first kappa shape index (κ1) is 12.1. The largest absolute Gasteiger partial charge is 0.480 e. The summed E-state index contributed by atoms with van der Waals surface area (Å²) < 4.78 is 10.4. The van der Waals surface area contributed by atoms with Crippen molar-refractivity contribution in [1.29, 1.82) is 0 Å². The monoisotopic (exact) mass is 211 g/mol.